The Bertz CT molecular complexity index is 594. The first-order valence-corrected chi connectivity index (χ1v) is 6.37. The zero-order valence-electron chi connectivity index (χ0n) is 11.4. The summed E-state index contributed by atoms with van der Waals surface area (Å²) in [5.41, 5.74) is 8.29. The van der Waals surface area contributed by atoms with Crippen LogP contribution in [0.3, 0.4) is 0 Å². The quantitative estimate of drug-likeness (QED) is 0.883. The summed E-state index contributed by atoms with van der Waals surface area (Å²) < 4.78 is 2.22. The van der Waals surface area contributed by atoms with E-state index in [0.29, 0.717) is 17.5 Å². The molecule has 3 heteroatoms. The van der Waals surface area contributed by atoms with Crippen molar-refractivity contribution in [3.05, 3.63) is 35.5 Å². The van der Waals surface area contributed by atoms with Gasteiger partial charge in [-0.25, -0.2) is 0 Å². The number of hydrogen-bond donors (Lipinski definition) is 1. The van der Waals surface area contributed by atoms with E-state index in [1.54, 1.807) is 6.07 Å². The zero-order valence-corrected chi connectivity index (χ0v) is 11.4. The SMILES string of the molecule is CC(C)c1cc2cccc(C(N)=O)c2n1C(C)C. The van der Waals surface area contributed by atoms with Crippen molar-refractivity contribution in [2.45, 2.75) is 39.7 Å². The van der Waals surface area contributed by atoms with Gasteiger partial charge in [-0.2, -0.15) is 0 Å². The highest BCUT2D eigenvalue weighted by molar-refractivity contribution is 6.05. The van der Waals surface area contributed by atoms with Gasteiger partial charge in [0.15, 0.2) is 0 Å². The average Bonchev–Trinajstić information content (AvgIpc) is 2.67. The van der Waals surface area contributed by atoms with Gasteiger partial charge in [-0.15, -0.1) is 0 Å². The van der Waals surface area contributed by atoms with Crippen molar-refractivity contribution in [1.29, 1.82) is 0 Å². The number of nitrogens with zero attached hydrogens (tertiary/aromatic N) is 1. The number of primary amides is 1. The molecule has 1 amide bonds. The highest BCUT2D eigenvalue weighted by Gasteiger charge is 2.18. The number of carbonyl (C=O) groups is 1. The molecule has 0 aliphatic rings. The predicted molar refractivity (Wildman–Crippen MR) is 74.9 cm³/mol. The van der Waals surface area contributed by atoms with Gasteiger partial charge in [0.25, 0.3) is 5.91 Å². The third-order valence-corrected chi connectivity index (χ3v) is 3.26. The van der Waals surface area contributed by atoms with Crippen LogP contribution in [-0.4, -0.2) is 10.5 Å². The molecule has 0 radical (unpaired) electrons. The fraction of sp³-hybridized carbons (Fsp3) is 0.400. The van der Waals surface area contributed by atoms with Gasteiger partial charge in [0, 0.05) is 17.1 Å². The molecule has 0 atom stereocenters. The second-order valence-electron chi connectivity index (χ2n) is 5.30. The normalized spacial score (nSPS) is 11.7. The Labute approximate surface area is 108 Å². The Morgan fingerprint density at radius 1 is 1.22 bits per heavy atom. The monoisotopic (exact) mass is 244 g/mol. The number of amides is 1. The number of para-hydroxylation sites is 1. The molecule has 0 spiro atoms. The van der Waals surface area contributed by atoms with Crippen molar-refractivity contribution < 1.29 is 4.79 Å². The average molecular weight is 244 g/mol. The molecule has 2 rings (SSSR count). The lowest BCUT2D eigenvalue weighted by molar-refractivity contribution is 0.100. The molecule has 1 aromatic carbocycles. The molecule has 2 aromatic rings. The van der Waals surface area contributed by atoms with E-state index in [9.17, 15) is 4.79 Å². The number of benzene rings is 1. The molecule has 2 N–H and O–H groups in total. The van der Waals surface area contributed by atoms with Crippen LogP contribution < -0.4 is 5.73 Å². The number of fused-ring (bicyclic) bond motifs is 1. The maximum atomic E-state index is 11.6. The molecule has 0 aliphatic carbocycles. The number of aromatic nitrogens is 1. The molecule has 0 saturated heterocycles. The summed E-state index contributed by atoms with van der Waals surface area (Å²) in [6.45, 7) is 8.58. The summed E-state index contributed by atoms with van der Waals surface area (Å²) in [7, 11) is 0. The Kier molecular flexibility index (Phi) is 3.16. The standard InChI is InChI=1S/C15H20N2O/c1-9(2)13-8-11-6-5-7-12(15(16)18)14(11)17(13)10(3)4/h5-10H,1-4H3,(H2,16,18). The van der Waals surface area contributed by atoms with Gasteiger partial charge in [-0.05, 0) is 31.9 Å². The van der Waals surface area contributed by atoms with Crippen molar-refractivity contribution in [3.8, 4) is 0 Å². The lowest BCUT2D eigenvalue weighted by atomic mass is 10.1. The summed E-state index contributed by atoms with van der Waals surface area (Å²) in [4.78, 5) is 11.6. The first-order valence-electron chi connectivity index (χ1n) is 6.37. The van der Waals surface area contributed by atoms with Crippen LogP contribution in [0.5, 0.6) is 0 Å². The third kappa shape index (κ3) is 1.90. The molecule has 18 heavy (non-hydrogen) atoms. The number of carbonyl (C=O) groups excluding carboxylic acids is 1. The Balaban J connectivity index is 2.88. The van der Waals surface area contributed by atoms with Crippen molar-refractivity contribution in [2.24, 2.45) is 5.73 Å². The Hall–Kier alpha value is -1.77. The van der Waals surface area contributed by atoms with Gasteiger partial charge in [0.05, 0.1) is 11.1 Å². The van der Waals surface area contributed by atoms with E-state index in [2.05, 4.69) is 38.3 Å². The molecule has 96 valence electrons. The van der Waals surface area contributed by atoms with Gasteiger partial charge >= 0.3 is 0 Å². The largest absolute Gasteiger partial charge is 0.366 e. The molecular weight excluding hydrogens is 224 g/mol. The van der Waals surface area contributed by atoms with Crippen molar-refractivity contribution in [3.63, 3.8) is 0 Å². The minimum atomic E-state index is -0.365. The van der Waals surface area contributed by atoms with Gasteiger partial charge < -0.3 is 10.3 Å². The lowest BCUT2D eigenvalue weighted by Crippen LogP contribution is -2.14. The van der Waals surface area contributed by atoms with Gasteiger partial charge in [0.2, 0.25) is 0 Å². The number of rotatable bonds is 3. The Morgan fingerprint density at radius 3 is 2.39 bits per heavy atom. The van der Waals surface area contributed by atoms with E-state index < -0.39 is 0 Å². The second kappa shape index (κ2) is 4.48. The van der Waals surface area contributed by atoms with E-state index in [1.807, 2.05) is 12.1 Å². The van der Waals surface area contributed by atoms with E-state index in [1.165, 1.54) is 5.69 Å². The summed E-state index contributed by atoms with van der Waals surface area (Å²) in [6, 6.07) is 8.18. The highest BCUT2D eigenvalue weighted by Crippen LogP contribution is 2.30. The van der Waals surface area contributed by atoms with Crippen molar-refractivity contribution in [1.82, 2.24) is 4.57 Å². The molecular formula is C15H20N2O. The highest BCUT2D eigenvalue weighted by atomic mass is 16.1. The molecule has 1 aromatic heterocycles. The van der Waals surface area contributed by atoms with Crippen LogP contribution in [0.2, 0.25) is 0 Å². The molecule has 0 aliphatic heterocycles. The fourth-order valence-corrected chi connectivity index (χ4v) is 2.50. The summed E-state index contributed by atoms with van der Waals surface area (Å²) >= 11 is 0. The Morgan fingerprint density at radius 2 is 1.89 bits per heavy atom. The molecule has 1 heterocycles. The lowest BCUT2D eigenvalue weighted by Gasteiger charge is -2.18. The summed E-state index contributed by atoms with van der Waals surface area (Å²) in [5, 5.41) is 1.09. The summed E-state index contributed by atoms with van der Waals surface area (Å²) in [6.07, 6.45) is 0. The molecule has 0 saturated carbocycles. The number of nitrogens with two attached hydrogens (primary N) is 1. The molecule has 0 bridgehead atoms. The van der Waals surface area contributed by atoms with Crippen LogP contribution in [0.15, 0.2) is 24.3 Å². The minimum absolute atomic E-state index is 0.306. The van der Waals surface area contributed by atoms with E-state index in [0.717, 1.165) is 10.9 Å². The third-order valence-electron chi connectivity index (χ3n) is 3.26. The van der Waals surface area contributed by atoms with E-state index in [4.69, 9.17) is 5.73 Å². The van der Waals surface area contributed by atoms with Crippen molar-refractivity contribution >= 4 is 16.8 Å². The van der Waals surface area contributed by atoms with Crippen LogP contribution in [-0.2, 0) is 0 Å². The second-order valence-corrected chi connectivity index (χ2v) is 5.30. The first-order chi connectivity index (χ1) is 8.43. The summed E-state index contributed by atoms with van der Waals surface area (Å²) in [5.74, 6) is 0.0523. The van der Waals surface area contributed by atoms with E-state index in [-0.39, 0.29) is 5.91 Å². The van der Waals surface area contributed by atoms with Crippen LogP contribution in [0.4, 0.5) is 0 Å². The van der Waals surface area contributed by atoms with Crippen molar-refractivity contribution in [2.75, 3.05) is 0 Å². The molecule has 3 nitrogen and oxygen atoms in total. The van der Waals surface area contributed by atoms with Crippen LogP contribution in [0.1, 0.15) is 55.7 Å². The molecule has 0 fully saturated rings. The molecule has 0 unspecified atom stereocenters. The fourth-order valence-electron chi connectivity index (χ4n) is 2.50. The van der Waals surface area contributed by atoms with Gasteiger partial charge in [-0.3, -0.25) is 4.79 Å². The first kappa shape index (κ1) is 12.7. The minimum Gasteiger partial charge on any atom is -0.366 e. The maximum absolute atomic E-state index is 11.6. The van der Waals surface area contributed by atoms with Crippen LogP contribution >= 0.6 is 0 Å². The van der Waals surface area contributed by atoms with Gasteiger partial charge in [0.1, 0.15) is 0 Å². The van der Waals surface area contributed by atoms with Crippen LogP contribution in [0.25, 0.3) is 10.9 Å². The maximum Gasteiger partial charge on any atom is 0.250 e. The topological polar surface area (TPSA) is 48.0 Å². The van der Waals surface area contributed by atoms with E-state index >= 15 is 0 Å². The number of hydrogen-bond acceptors (Lipinski definition) is 1. The predicted octanol–water partition coefficient (Wildman–Crippen LogP) is 3.44. The van der Waals surface area contributed by atoms with Gasteiger partial charge in [-0.1, -0.05) is 26.0 Å². The smallest absolute Gasteiger partial charge is 0.250 e. The zero-order chi connectivity index (χ0) is 13.4. The van der Waals surface area contributed by atoms with Crippen LogP contribution in [0, 0.1) is 0 Å².